The molecule has 2 heterocycles. The van der Waals surface area contributed by atoms with Crippen molar-refractivity contribution in [3.05, 3.63) is 28.8 Å². The van der Waals surface area contributed by atoms with Crippen LogP contribution < -0.4 is 10.5 Å². The number of carbonyl (C=O) groups excluding carboxylic acids is 1. The van der Waals surface area contributed by atoms with Gasteiger partial charge in [-0.3, -0.25) is 14.5 Å². The molecule has 1 aromatic rings. The molecule has 2 aliphatic heterocycles. The number of nitrogens with zero attached hydrogens (tertiary/aromatic N) is 2. The van der Waals surface area contributed by atoms with Crippen molar-refractivity contribution in [3.8, 4) is 5.75 Å². The number of ether oxygens (including phenoxy) is 2. The third kappa shape index (κ3) is 4.90. The molecule has 2 saturated heterocycles. The van der Waals surface area contributed by atoms with Crippen LogP contribution in [0.25, 0.3) is 0 Å². The van der Waals surface area contributed by atoms with Crippen molar-refractivity contribution in [2.24, 2.45) is 11.7 Å². The molecule has 0 saturated carbocycles. The molecule has 148 valence electrons. The number of hydrogen-bond donors (Lipinski definition) is 2. The van der Waals surface area contributed by atoms with Gasteiger partial charge in [0.1, 0.15) is 12.4 Å². The monoisotopic (exact) mass is 397 g/mol. The molecule has 27 heavy (non-hydrogen) atoms. The maximum Gasteiger partial charge on any atom is 0.317 e. The number of benzene rings is 1. The van der Waals surface area contributed by atoms with Crippen LogP contribution >= 0.6 is 11.6 Å². The van der Waals surface area contributed by atoms with Gasteiger partial charge < -0.3 is 25.2 Å². The molecule has 9 heteroatoms. The van der Waals surface area contributed by atoms with Crippen LogP contribution in [-0.2, 0) is 9.53 Å². The molecule has 2 bridgehead atoms. The highest BCUT2D eigenvalue weighted by molar-refractivity contribution is 6.31. The van der Waals surface area contributed by atoms with Gasteiger partial charge in [0.15, 0.2) is 0 Å². The predicted octanol–water partition coefficient (Wildman–Crippen LogP) is 0.535. The van der Waals surface area contributed by atoms with Gasteiger partial charge in [0, 0.05) is 37.1 Å². The topological polar surface area (TPSA) is 105 Å². The molecule has 3 N–H and O–H groups in total. The van der Waals surface area contributed by atoms with E-state index in [2.05, 4.69) is 0 Å². The van der Waals surface area contributed by atoms with E-state index in [1.165, 1.54) is 0 Å². The van der Waals surface area contributed by atoms with Crippen molar-refractivity contribution in [3.63, 3.8) is 0 Å². The maximum absolute atomic E-state index is 13.3. The number of carboxylic acid groups (broad SMARTS) is 1. The van der Waals surface area contributed by atoms with Gasteiger partial charge in [-0.25, -0.2) is 0 Å². The van der Waals surface area contributed by atoms with Gasteiger partial charge in [0.25, 0.3) is 5.91 Å². The summed E-state index contributed by atoms with van der Waals surface area (Å²) in [5.74, 6) is -0.575. The van der Waals surface area contributed by atoms with Crippen LogP contribution in [-0.4, -0.2) is 85.4 Å². The fraction of sp³-hybridized carbons (Fsp3) is 0.556. The zero-order valence-corrected chi connectivity index (χ0v) is 15.7. The summed E-state index contributed by atoms with van der Waals surface area (Å²) in [5.41, 5.74) is 5.89. The van der Waals surface area contributed by atoms with E-state index < -0.39 is 5.97 Å². The Morgan fingerprint density at radius 2 is 2.11 bits per heavy atom. The highest BCUT2D eigenvalue weighted by atomic mass is 35.5. The third-order valence-electron chi connectivity index (χ3n) is 4.71. The standard InChI is InChI=1S/C18H24ClN3O5/c19-13-1-2-16(27-4-3-20)15(5-13)18(25)22-7-12-6-21(9-17(23)24)8-14(22)11-26-10-12/h1-2,5,12,14H,3-4,6-11,20H2,(H,23,24)/t12-,14-/m0/s1. The fourth-order valence-electron chi connectivity index (χ4n) is 3.63. The Hall–Kier alpha value is -1.87. The third-order valence-corrected chi connectivity index (χ3v) is 4.95. The van der Waals surface area contributed by atoms with Gasteiger partial charge in [-0.2, -0.15) is 0 Å². The van der Waals surface area contributed by atoms with Crippen LogP contribution in [0, 0.1) is 5.92 Å². The van der Waals surface area contributed by atoms with Crippen molar-refractivity contribution in [2.45, 2.75) is 6.04 Å². The molecule has 0 unspecified atom stereocenters. The van der Waals surface area contributed by atoms with E-state index in [0.717, 1.165) is 0 Å². The van der Waals surface area contributed by atoms with E-state index in [9.17, 15) is 9.59 Å². The van der Waals surface area contributed by atoms with Gasteiger partial charge in [-0.15, -0.1) is 0 Å². The first-order valence-electron chi connectivity index (χ1n) is 8.93. The van der Waals surface area contributed by atoms with Crippen LogP contribution in [0.5, 0.6) is 5.75 Å². The maximum atomic E-state index is 13.3. The molecular formula is C18H24ClN3O5. The van der Waals surface area contributed by atoms with E-state index in [0.29, 0.717) is 62.3 Å². The lowest BCUT2D eigenvalue weighted by Crippen LogP contribution is -2.47. The molecule has 8 nitrogen and oxygen atoms in total. The summed E-state index contributed by atoms with van der Waals surface area (Å²) >= 11 is 6.11. The number of rotatable bonds is 6. The van der Waals surface area contributed by atoms with Crippen molar-refractivity contribution in [1.82, 2.24) is 9.80 Å². The van der Waals surface area contributed by atoms with Crippen molar-refractivity contribution < 1.29 is 24.2 Å². The van der Waals surface area contributed by atoms with Crippen molar-refractivity contribution in [1.29, 1.82) is 0 Å². The van der Waals surface area contributed by atoms with Crippen LogP contribution in [0.15, 0.2) is 18.2 Å². The zero-order valence-electron chi connectivity index (χ0n) is 15.0. The number of amides is 1. The number of hydrogen-bond acceptors (Lipinski definition) is 6. The van der Waals surface area contributed by atoms with Gasteiger partial charge in [0.2, 0.25) is 0 Å². The second-order valence-corrected chi connectivity index (χ2v) is 7.32. The van der Waals surface area contributed by atoms with Gasteiger partial charge in [-0.05, 0) is 18.2 Å². The first-order valence-corrected chi connectivity index (χ1v) is 9.31. The minimum absolute atomic E-state index is 0.0446. The first-order chi connectivity index (χ1) is 13.0. The van der Waals surface area contributed by atoms with Gasteiger partial charge in [0.05, 0.1) is 31.4 Å². The van der Waals surface area contributed by atoms with E-state index >= 15 is 0 Å². The number of carboxylic acids is 1. The van der Waals surface area contributed by atoms with E-state index in [-0.39, 0.29) is 24.4 Å². The van der Waals surface area contributed by atoms with Crippen LogP contribution in [0.1, 0.15) is 10.4 Å². The summed E-state index contributed by atoms with van der Waals surface area (Å²) in [7, 11) is 0. The largest absolute Gasteiger partial charge is 0.491 e. The van der Waals surface area contributed by atoms with E-state index in [1.54, 1.807) is 23.1 Å². The average molecular weight is 398 g/mol. The Kier molecular flexibility index (Phi) is 6.54. The number of carbonyl (C=O) groups is 2. The van der Waals surface area contributed by atoms with Crippen LogP contribution in [0.2, 0.25) is 5.02 Å². The van der Waals surface area contributed by atoms with Gasteiger partial charge in [-0.1, -0.05) is 11.6 Å². The van der Waals surface area contributed by atoms with Crippen molar-refractivity contribution in [2.75, 3.05) is 52.5 Å². The van der Waals surface area contributed by atoms with Gasteiger partial charge >= 0.3 is 5.97 Å². The summed E-state index contributed by atoms with van der Waals surface area (Å²) in [4.78, 5) is 28.1. The summed E-state index contributed by atoms with van der Waals surface area (Å²) < 4.78 is 11.3. The molecule has 0 radical (unpaired) electrons. The molecule has 0 aliphatic carbocycles. The Labute approximate surface area is 162 Å². The molecule has 3 rings (SSSR count). The number of nitrogens with two attached hydrogens (primary N) is 1. The van der Waals surface area contributed by atoms with E-state index in [4.69, 9.17) is 31.9 Å². The molecule has 0 aromatic heterocycles. The molecule has 1 aromatic carbocycles. The summed E-state index contributed by atoms with van der Waals surface area (Å²) in [6.45, 7) is 3.00. The Bertz CT molecular complexity index is 702. The number of aliphatic carboxylic acids is 1. The minimum atomic E-state index is -0.874. The Morgan fingerprint density at radius 3 is 2.85 bits per heavy atom. The minimum Gasteiger partial charge on any atom is -0.491 e. The fourth-order valence-corrected chi connectivity index (χ4v) is 3.80. The quantitative estimate of drug-likeness (QED) is 0.721. The van der Waals surface area contributed by atoms with Crippen LogP contribution in [0.4, 0.5) is 0 Å². The van der Waals surface area contributed by atoms with E-state index in [1.807, 2.05) is 4.90 Å². The number of fused-ring (bicyclic) bond motifs is 3. The Morgan fingerprint density at radius 1 is 1.30 bits per heavy atom. The average Bonchev–Trinajstić information content (AvgIpc) is 2.90. The van der Waals surface area contributed by atoms with Crippen molar-refractivity contribution >= 4 is 23.5 Å². The lowest BCUT2D eigenvalue weighted by molar-refractivity contribution is -0.138. The molecule has 2 aliphatic rings. The second-order valence-electron chi connectivity index (χ2n) is 6.88. The molecule has 2 atom stereocenters. The summed E-state index contributed by atoms with van der Waals surface area (Å²) in [6.07, 6.45) is 0. The smallest absolute Gasteiger partial charge is 0.317 e. The number of halogens is 1. The molecule has 1 amide bonds. The predicted molar refractivity (Wildman–Crippen MR) is 99.2 cm³/mol. The molecule has 0 spiro atoms. The lowest BCUT2D eigenvalue weighted by atomic mass is 10.1. The molecule has 2 fully saturated rings. The Balaban J connectivity index is 1.86. The second kappa shape index (κ2) is 8.88. The highest BCUT2D eigenvalue weighted by Gasteiger charge is 2.37. The lowest BCUT2D eigenvalue weighted by Gasteiger charge is -2.31. The summed E-state index contributed by atoms with van der Waals surface area (Å²) in [5, 5.41) is 9.57. The normalized spacial score (nSPS) is 23.0. The zero-order chi connectivity index (χ0) is 19.4. The summed E-state index contributed by atoms with van der Waals surface area (Å²) in [6, 6.07) is 4.71. The molecular weight excluding hydrogens is 374 g/mol. The SMILES string of the molecule is NCCOc1ccc(Cl)cc1C(=O)N1C[C@H]2COC[C@@H]1CN(CC(=O)O)C2. The highest BCUT2D eigenvalue weighted by Crippen LogP contribution is 2.28. The van der Waals surface area contributed by atoms with Crippen LogP contribution in [0.3, 0.4) is 0 Å². The first kappa shape index (κ1) is 19.9.